The molecule has 0 fully saturated rings. The first-order valence-corrected chi connectivity index (χ1v) is 7.27. The maximum absolute atomic E-state index is 11.8. The summed E-state index contributed by atoms with van der Waals surface area (Å²) in [5.41, 5.74) is 2.94. The summed E-state index contributed by atoms with van der Waals surface area (Å²) < 4.78 is 10.2. The van der Waals surface area contributed by atoms with E-state index >= 15 is 0 Å². The number of fused-ring (bicyclic) bond motifs is 1. The number of rotatable bonds is 5. The SMILES string of the molecule is CCOC(=O)c1cccc(Nc2nc3ccc(OC)cc3[nH]2)c1. The van der Waals surface area contributed by atoms with Crippen molar-refractivity contribution in [1.82, 2.24) is 9.97 Å². The van der Waals surface area contributed by atoms with Crippen LogP contribution in [-0.2, 0) is 4.74 Å². The van der Waals surface area contributed by atoms with Gasteiger partial charge in [0.25, 0.3) is 0 Å². The molecule has 118 valence electrons. The number of nitrogens with zero attached hydrogens (tertiary/aromatic N) is 1. The lowest BCUT2D eigenvalue weighted by molar-refractivity contribution is 0.0526. The van der Waals surface area contributed by atoms with Crippen molar-refractivity contribution in [1.29, 1.82) is 0 Å². The lowest BCUT2D eigenvalue weighted by atomic mass is 10.2. The average molecular weight is 311 g/mol. The van der Waals surface area contributed by atoms with E-state index in [1.165, 1.54) is 0 Å². The van der Waals surface area contributed by atoms with Gasteiger partial charge in [-0.25, -0.2) is 9.78 Å². The standard InChI is InChI=1S/C17H17N3O3/c1-3-23-16(21)11-5-4-6-12(9-11)18-17-19-14-8-7-13(22-2)10-15(14)20-17/h4-10H,3H2,1-2H3,(H2,18,19,20). The summed E-state index contributed by atoms with van der Waals surface area (Å²) in [5, 5.41) is 3.15. The number of methoxy groups -OCH3 is 1. The fraction of sp³-hybridized carbons (Fsp3) is 0.176. The van der Waals surface area contributed by atoms with Gasteiger partial charge in [-0.1, -0.05) is 6.07 Å². The van der Waals surface area contributed by atoms with Gasteiger partial charge in [-0.05, 0) is 37.3 Å². The van der Waals surface area contributed by atoms with Crippen LogP contribution in [0.15, 0.2) is 42.5 Å². The maximum atomic E-state index is 11.8. The van der Waals surface area contributed by atoms with Crippen LogP contribution in [0.5, 0.6) is 5.75 Å². The first-order chi connectivity index (χ1) is 11.2. The molecule has 0 amide bonds. The second kappa shape index (κ2) is 6.39. The summed E-state index contributed by atoms with van der Waals surface area (Å²) >= 11 is 0. The molecule has 0 spiro atoms. The molecule has 6 nitrogen and oxygen atoms in total. The number of benzene rings is 2. The van der Waals surface area contributed by atoms with Crippen LogP contribution in [0.3, 0.4) is 0 Å². The molecule has 0 aliphatic rings. The average Bonchev–Trinajstić information content (AvgIpc) is 2.96. The third kappa shape index (κ3) is 3.26. The summed E-state index contributed by atoms with van der Waals surface area (Å²) in [6.45, 7) is 2.13. The van der Waals surface area contributed by atoms with Gasteiger partial charge in [-0.15, -0.1) is 0 Å². The van der Waals surface area contributed by atoms with Crippen molar-refractivity contribution in [2.75, 3.05) is 19.0 Å². The van der Waals surface area contributed by atoms with Crippen LogP contribution in [0.4, 0.5) is 11.6 Å². The molecule has 0 aliphatic heterocycles. The predicted molar refractivity (Wildman–Crippen MR) is 88.3 cm³/mol. The first-order valence-electron chi connectivity index (χ1n) is 7.27. The molecule has 1 aromatic heterocycles. The summed E-state index contributed by atoms with van der Waals surface area (Å²) in [4.78, 5) is 19.4. The Morgan fingerprint density at radius 2 is 2.13 bits per heavy atom. The van der Waals surface area contributed by atoms with Gasteiger partial charge in [-0.2, -0.15) is 0 Å². The molecule has 0 aliphatic carbocycles. The zero-order valence-corrected chi connectivity index (χ0v) is 12.9. The number of esters is 1. The number of nitrogens with one attached hydrogen (secondary N) is 2. The molecule has 3 rings (SSSR count). The third-order valence-electron chi connectivity index (χ3n) is 3.33. The van der Waals surface area contributed by atoms with Crippen molar-refractivity contribution in [3.63, 3.8) is 0 Å². The number of carbonyl (C=O) groups excluding carboxylic acids is 1. The molecule has 2 N–H and O–H groups in total. The summed E-state index contributed by atoms with van der Waals surface area (Å²) in [7, 11) is 1.62. The van der Waals surface area contributed by atoms with Crippen molar-refractivity contribution in [2.45, 2.75) is 6.92 Å². The molecule has 2 aromatic carbocycles. The van der Waals surface area contributed by atoms with Gasteiger partial charge in [0.1, 0.15) is 5.75 Å². The highest BCUT2D eigenvalue weighted by molar-refractivity contribution is 5.90. The lowest BCUT2D eigenvalue weighted by Crippen LogP contribution is -2.05. The third-order valence-corrected chi connectivity index (χ3v) is 3.33. The van der Waals surface area contributed by atoms with Gasteiger partial charge < -0.3 is 19.8 Å². The van der Waals surface area contributed by atoms with E-state index in [1.807, 2.05) is 24.3 Å². The van der Waals surface area contributed by atoms with E-state index in [4.69, 9.17) is 9.47 Å². The van der Waals surface area contributed by atoms with Crippen molar-refractivity contribution in [3.05, 3.63) is 48.0 Å². The molecule has 23 heavy (non-hydrogen) atoms. The number of H-pyrrole nitrogens is 1. The van der Waals surface area contributed by atoms with Crippen molar-refractivity contribution in [3.8, 4) is 5.75 Å². The number of ether oxygens (including phenoxy) is 2. The molecule has 0 saturated carbocycles. The Morgan fingerprint density at radius 3 is 2.91 bits per heavy atom. The van der Waals surface area contributed by atoms with Gasteiger partial charge in [-0.3, -0.25) is 0 Å². The van der Waals surface area contributed by atoms with Crippen molar-refractivity contribution < 1.29 is 14.3 Å². The minimum Gasteiger partial charge on any atom is -0.497 e. The monoisotopic (exact) mass is 311 g/mol. The topological polar surface area (TPSA) is 76.2 Å². The molecule has 0 saturated heterocycles. The number of hydrogen-bond donors (Lipinski definition) is 2. The van der Waals surface area contributed by atoms with Crippen LogP contribution in [-0.4, -0.2) is 29.7 Å². The van der Waals surface area contributed by atoms with Gasteiger partial charge in [0.15, 0.2) is 0 Å². The van der Waals surface area contributed by atoms with Gasteiger partial charge in [0.05, 0.1) is 30.3 Å². The van der Waals surface area contributed by atoms with E-state index < -0.39 is 0 Å². The van der Waals surface area contributed by atoms with Crippen LogP contribution in [0, 0.1) is 0 Å². The molecule has 0 unspecified atom stereocenters. The van der Waals surface area contributed by atoms with Crippen LogP contribution in [0.2, 0.25) is 0 Å². The molecule has 3 aromatic rings. The molecule has 0 atom stereocenters. The molecule has 0 radical (unpaired) electrons. The first kappa shape index (κ1) is 14.9. The number of carbonyl (C=O) groups is 1. The summed E-state index contributed by atoms with van der Waals surface area (Å²) in [6, 6.07) is 12.7. The summed E-state index contributed by atoms with van der Waals surface area (Å²) in [6.07, 6.45) is 0. The molecule has 6 heteroatoms. The minimum atomic E-state index is -0.342. The second-order valence-corrected chi connectivity index (χ2v) is 4.89. The fourth-order valence-electron chi connectivity index (χ4n) is 2.25. The Kier molecular flexibility index (Phi) is 4.14. The van der Waals surface area contributed by atoms with Crippen LogP contribution in [0.1, 0.15) is 17.3 Å². The molecular weight excluding hydrogens is 294 g/mol. The fourth-order valence-corrected chi connectivity index (χ4v) is 2.25. The van der Waals surface area contributed by atoms with E-state index in [-0.39, 0.29) is 5.97 Å². The zero-order chi connectivity index (χ0) is 16.2. The Morgan fingerprint density at radius 1 is 1.26 bits per heavy atom. The quantitative estimate of drug-likeness (QED) is 0.705. The highest BCUT2D eigenvalue weighted by Crippen LogP contribution is 2.22. The largest absolute Gasteiger partial charge is 0.497 e. The van der Waals surface area contributed by atoms with E-state index in [9.17, 15) is 4.79 Å². The highest BCUT2D eigenvalue weighted by atomic mass is 16.5. The van der Waals surface area contributed by atoms with E-state index in [2.05, 4.69) is 15.3 Å². The normalized spacial score (nSPS) is 10.5. The molecule has 1 heterocycles. The number of aromatic amines is 1. The van der Waals surface area contributed by atoms with Crippen molar-refractivity contribution >= 4 is 28.6 Å². The van der Waals surface area contributed by atoms with Crippen LogP contribution >= 0.6 is 0 Å². The molecule has 0 bridgehead atoms. The van der Waals surface area contributed by atoms with Crippen LogP contribution < -0.4 is 10.1 Å². The van der Waals surface area contributed by atoms with E-state index in [0.29, 0.717) is 18.1 Å². The van der Waals surface area contributed by atoms with E-state index in [1.54, 1.807) is 32.2 Å². The highest BCUT2D eigenvalue weighted by Gasteiger charge is 2.08. The number of aromatic nitrogens is 2. The smallest absolute Gasteiger partial charge is 0.338 e. The van der Waals surface area contributed by atoms with Gasteiger partial charge in [0.2, 0.25) is 5.95 Å². The Balaban J connectivity index is 1.84. The Hall–Kier alpha value is -3.02. The zero-order valence-electron chi connectivity index (χ0n) is 12.9. The number of anilines is 2. The lowest BCUT2D eigenvalue weighted by Gasteiger charge is -2.05. The predicted octanol–water partition coefficient (Wildman–Crippen LogP) is 3.49. The van der Waals surface area contributed by atoms with Crippen molar-refractivity contribution in [2.24, 2.45) is 0 Å². The van der Waals surface area contributed by atoms with E-state index in [0.717, 1.165) is 22.5 Å². The van der Waals surface area contributed by atoms with Gasteiger partial charge in [0, 0.05) is 11.8 Å². The second-order valence-electron chi connectivity index (χ2n) is 4.89. The van der Waals surface area contributed by atoms with Crippen LogP contribution in [0.25, 0.3) is 11.0 Å². The molecular formula is C17H17N3O3. The number of imidazole rings is 1. The summed E-state index contributed by atoms with van der Waals surface area (Å²) in [5.74, 6) is 1.01. The maximum Gasteiger partial charge on any atom is 0.338 e. The minimum absolute atomic E-state index is 0.342. The Bertz CT molecular complexity index is 842. The Labute approximate surface area is 133 Å². The van der Waals surface area contributed by atoms with Gasteiger partial charge >= 0.3 is 5.97 Å². The number of hydrogen-bond acceptors (Lipinski definition) is 5.